The van der Waals surface area contributed by atoms with Gasteiger partial charge < -0.3 is 15.0 Å². The molecule has 180 valence electrons. The highest BCUT2D eigenvalue weighted by atomic mass is 32.2. The highest BCUT2D eigenvalue weighted by Gasteiger charge is 2.46. The van der Waals surface area contributed by atoms with Crippen LogP contribution in [0.15, 0.2) is 23.5 Å². The molecule has 1 atom stereocenters. The van der Waals surface area contributed by atoms with Crippen LogP contribution < -0.4 is 5.32 Å². The van der Waals surface area contributed by atoms with Crippen LogP contribution in [0.5, 0.6) is 0 Å². The average molecular weight is 481 g/mol. The third-order valence-electron chi connectivity index (χ3n) is 5.54. The number of hydrogen-bond acceptors (Lipinski definition) is 7. The second-order valence-electron chi connectivity index (χ2n) is 8.25. The molecule has 0 aromatic heterocycles. The minimum Gasteiger partial charge on any atom is -0.442 e. The van der Waals surface area contributed by atoms with Crippen molar-refractivity contribution in [2.75, 3.05) is 39.0 Å². The molecule has 1 aliphatic carbocycles. The number of alkyl halides is 3. The van der Waals surface area contributed by atoms with Crippen LogP contribution in [-0.4, -0.2) is 87.0 Å². The molecule has 13 heteroatoms. The van der Waals surface area contributed by atoms with Gasteiger partial charge in [-0.3, -0.25) is 13.9 Å². The zero-order chi connectivity index (χ0) is 23.7. The fourth-order valence-corrected chi connectivity index (χ4v) is 4.25. The lowest BCUT2D eigenvalue weighted by atomic mass is 9.92. The first-order valence-electron chi connectivity index (χ1n) is 10.1. The molecule has 0 bridgehead atoms. The Morgan fingerprint density at radius 2 is 1.94 bits per heavy atom. The Labute approximate surface area is 184 Å². The second kappa shape index (κ2) is 8.93. The maximum atomic E-state index is 14.9. The van der Waals surface area contributed by atoms with Crippen molar-refractivity contribution in [1.29, 1.82) is 0 Å². The molecule has 3 aliphatic rings. The molecular formula is C19H26F3N3O6S. The number of carbonyl (C=O) groups is 2. The Morgan fingerprint density at radius 3 is 2.50 bits per heavy atom. The third kappa shape index (κ3) is 5.94. The Hall–Kier alpha value is -2.28. The number of nitrogens with one attached hydrogen (secondary N) is 1. The smallest absolute Gasteiger partial charge is 0.414 e. The SMILES string of the molecule is CC(=O)NCC1CN(C2=CC=C(N3CCC(F)(COS(C)(=O)=O)CC3)C(F)(F)C2)C(=O)O1. The van der Waals surface area contributed by atoms with Crippen molar-refractivity contribution < 1.29 is 40.1 Å². The van der Waals surface area contributed by atoms with E-state index >= 15 is 0 Å². The number of likely N-dealkylation sites (tertiary alicyclic amines) is 1. The summed E-state index contributed by atoms with van der Waals surface area (Å²) in [5, 5.41) is 2.52. The lowest BCUT2D eigenvalue weighted by molar-refractivity contribution is -0.119. The van der Waals surface area contributed by atoms with Crippen LogP contribution in [0.2, 0.25) is 0 Å². The van der Waals surface area contributed by atoms with Crippen molar-refractivity contribution in [2.45, 2.75) is 43.9 Å². The number of nitrogens with zero attached hydrogens (tertiary/aromatic N) is 2. The van der Waals surface area contributed by atoms with E-state index in [1.807, 2.05) is 0 Å². The van der Waals surface area contributed by atoms with Crippen LogP contribution in [0.25, 0.3) is 0 Å². The van der Waals surface area contributed by atoms with Gasteiger partial charge in [-0.1, -0.05) is 0 Å². The van der Waals surface area contributed by atoms with Crippen molar-refractivity contribution in [2.24, 2.45) is 0 Å². The lowest BCUT2D eigenvalue weighted by Crippen LogP contribution is -2.47. The molecule has 2 amide bonds. The van der Waals surface area contributed by atoms with Crippen LogP contribution in [0.3, 0.4) is 0 Å². The highest BCUT2D eigenvalue weighted by molar-refractivity contribution is 7.85. The van der Waals surface area contributed by atoms with Crippen molar-refractivity contribution >= 4 is 22.1 Å². The van der Waals surface area contributed by atoms with Crippen molar-refractivity contribution in [3.8, 4) is 0 Å². The Kier molecular flexibility index (Phi) is 6.80. The average Bonchev–Trinajstić information content (AvgIpc) is 3.05. The standard InChI is InChI=1S/C19H26F3N3O6S/c1-13(26)23-10-15-11-25(17(27)31-15)14-3-4-16(19(21,22)9-14)24-7-5-18(20,6-8-24)12-30-32(2,28)29/h3-4,15H,5-12H2,1-2H3,(H,23,26). The summed E-state index contributed by atoms with van der Waals surface area (Å²) in [6.45, 7) is 0.744. The van der Waals surface area contributed by atoms with Gasteiger partial charge in [-0.2, -0.15) is 17.2 Å². The summed E-state index contributed by atoms with van der Waals surface area (Å²) in [4.78, 5) is 25.6. The van der Waals surface area contributed by atoms with Crippen LogP contribution >= 0.6 is 0 Å². The van der Waals surface area contributed by atoms with E-state index in [4.69, 9.17) is 4.74 Å². The normalized spacial score (nSPS) is 25.2. The number of amides is 2. The van der Waals surface area contributed by atoms with E-state index in [1.165, 1.54) is 24.0 Å². The molecule has 2 fully saturated rings. The van der Waals surface area contributed by atoms with E-state index in [-0.39, 0.29) is 56.3 Å². The summed E-state index contributed by atoms with van der Waals surface area (Å²) in [7, 11) is -3.80. The molecule has 32 heavy (non-hydrogen) atoms. The Balaban J connectivity index is 1.64. The predicted octanol–water partition coefficient (Wildman–Crippen LogP) is 1.53. The van der Waals surface area contributed by atoms with E-state index in [1.54, 1.807) is 0 Å². The first-order chi connectivity index (χ1) is 14.8. The van der Waals surface area contributed by atoms with E-state index in [2.05, 4.69) is 9.50 Å². The molecular weight excluding hydrogens is 455 g/mol. The Bertz CT molecular complexity index is 929. The van der Waals surface area contributed by atoms with Crippen molar-refractivity contribution in [1.82, 2.24) is 15.1 Å². The maximum absolute atomic E-state index is 14.9. The number of ether oxygens (including phenoxy) is 1. The van der Waals surface area contributed by atoms with Crippen LogP contribution in [0.4, 0.5) is 18.0 Å². The summed E-state index contributed by atoms with van der Waals surface area (Å²) in [5.74, 6) is -3.59. The molecule has 2 heterocycles. The summed E-state index contributed by atoms with van der Waals surface area (Å²) in [5.41, 5.74) is -2.10. The lowest BCUT2D eigenvalue weighted by Gasteiger charge is -2.41. The van der Waals surface area contributed by atoms with Gasteiger partial charge in [0.2, 0.25) is 5.91 Å². The number of carbonyl (C=O) groups excluding carboxylic acids is 2. The number of halogens is 3. The molecule has 0 aromatic carbocycles. The molecule has 3 rings (SSSR count). The molecule has 0 radical (unpaired) electrons. The zero-order valence-electron chi connectivity index (χ0n) is 17.8. The first-order valence-corrected chi connectivity index (χ1v) is 11.9. The minimum absolute atomic E-state index is 0.0290. The molecule has 0 saturated carbocycles. The number of rotatable bonds is 7. The zero-order valence-corrected chi connectivity index (χ0v) is 18.6. The molecule has 9 nitrogen and oxygen atoms in total. The molecule has 1 N–H and O–H groups in total. The van der Waals surface area contributed by atoms with E-state index in [0.717, 1.165) is 11.2 Å². The largest absolute Gasteiger partial charge is 0.442 e. The van der Waals surface area contributed by atoms with E-state index < -0.39 is 46.9 Å². The molecule has 0 spiro atoms. The highest BCUT2D eigenvalue weighted by Crippen LogP contribution is 2.41. The van der Waals surface area contributed by atoms with Gasteiger partial charge in [0.25, 0.3) is 16.0 Å². The van der Waals surface area contributed by atoms with Gasteiger partial charge in [-0.15, -0.1) is 0 Å². The van der Waals surface area contributed by atoms with Crippen LogP contribution in [-0.2, 0) is 23.8 Å². The first kappa shape index (κ1) is 24.4. The summed E-state index contributed by atoms with van der Waals surface area (Å²) in [6, 6.07) is 0. The van der Waals surface area contributed by atoms with E-state index in [0.29, 0.717) is 0 Å². The van der Waals surface area contributed by atoms with Gasteiger partial charge in [0.1, 0.15) is 18.4 Å². The third-order valence-corrected chi connectivity index (χ3v) is 6.09. The maximum Gasteiger partial charge on any atom is 0.414 e. The number of cyclic esters (lactones) is 1. The quantitative estimate of drug-likeness (QED) is 0.550. The molecule has 2 saturated heterocycles. The van der Waals surface area contributed by atoms with Gasteiger partial charge in [-0.25, -0.2) is 9.18 Å². The fraction of sp³-hybridized carbons (Fsp3) is 0.684. The number of allylic oxidation sites excluding steroid dienone is 4. The number of hydrogen-bond donors (Lipinski definition) is 1. The van der Waals surface area contributed by atoms with Crippen LogP contribution in [0.1, 0.15) is 26.2 Å². The monoisotopic (exact) mass is 481 g/mol. The van der Waals surface area contributed by atoms with Gasteiger partial charge in [0.15, 0.2) is 0 Å². The van der Waals surface area contributed by atoms with Crippen LogP contribution in [0, 0.1) is 0 Å². The molecule has 2 aliphatic heterocycles. The number of piperidine rings is 1. The van der Waals surface area contributed by atoms with E-state index in [9.17, 15) is 31.2 Å². The summed E-state index contributed by atoms with van der Waals surface area (Å²) < 4.78 is 76.5. The van der Waals surface area contributed by atoms with Gasteiger partial charge >= 0.3 is 6.09 Å². The second-order valence-corrected chi connectivity index (χ2v) is 9.89. The van der Waals surface area contributed by atoms with Gasteiger partial charge in [0.05, 0.1) is 31.5 Å². The topological polar surface area (TPSA) is 105 Å². The van der Waals surface area contributed by atoms with Crippen molar-refractivity contribution in [3.63, 3.8) is 0 Å². The minimum atomic E-state index is -3.80. The Morgan fingerprint density at radius 1 is 1.28 bits per heavy atom. The summed E-state index contributed by atoms with van der Waals surface area (Å²) >= 11 is 0. The van der Waals surface area contributed by atoms with Gasteiger partial charge in [-0.05, 0) is 12.2 Å². The van der Waals surface area contributed by atoms with Gasteiger partial charge in [0, 0.05) is 38.6 Å². The molecule has 1 unspecified atom stereocenters. The van der Waals surface area contributed by atoms with Crippen molar-refractivity contribution in [3.05, 3.63) is 23.5 Å². The fourth-order valence-electron chi connectivity index (χ4n) is 3.82. The summed E-state index contributed by atoms with van der Waals surface area (Å²) in [6.07, 6.45) is 1.01. The predicted molar refractivity (Wildman–Crippen MR) is 107 cm³/mol. The molecule has 0 aromatic rings.